The molecule has 122 valence electrons. The third-order valence-corrected chi connectivity index (χ3v) is 4.42. The summed E-state index contributed by atoms with van der Waals surface area (Å²) in [4.78, 5) is 12.1. The van der Waals surface area contributed by atoms with E-state index in [9.17, 15) is 4.79 Å². The van der Waals surface area contributed by atoms with Crippen molar-refractivity contribution in [3.63, 3.8) is 0 Å². The third-order valence-electron chi connectivity index (χ3n) is 4.42. The van der Waals surface area contributed by atoms with Crippen molar-refractivity contribution in [3.05, 3.63) is 53.3 Å². The molecule has 0 saturated carbocycles. The van der Waals surface area contributed by atoms with E-state index < -0.39 is 0 Å². The molecule has 1 fully saturated rings. The number of carbonyl (C=O) groups is 1. The zero-order chi connectivity index (χ0) is 16.1. The van der Waals surface area contributed by atoms with Gasteiger partial charge in [-0.1, -0.05) is 24.3 Å². The number of nitrogens with zero attached hydrogens (tertiary/aromatic N) is 2. The van der Waals surface area contributed by atoms with E-state index in [2.05, 4.69) is 28.7 Å². The molecule has 2 aromatic rings. The van der Waals surface area contributed by atoms with Crippen molar-refractivity contribution < 1.29 is 4.79 Å². The van der Waals surface area contributed by atoms with Gasteiger partial charge >= 0.3 is 0 Å². The molecule has 0 spiro atoms. The molecule has 1 amide bonds. The lowest BCUT2D eigenvalue weighted by molar-refractivity contribution is -0.122. The maximum atomic E-state index is 12.1. The van der Waals surface area contributed by atoms with Gasteiger partial charge in [-0.3, -0.25) is 9.48 Å². The highest BCUT2D eigenvalue weighted by molar-refractivity contribution is 5.75. The Morgan fingerprint density at radius 2 is 2.26 bits per heavy atom. The molecule has 0 unspecified atom stereocenters. The molecule has 1 aromatic carbocycles. The maximum absolute atomic E-state index is 12.1. The Bertz CT molecular complexity index is 659. The molecule has 1 aliphatic rings. The van der Waals surface area contributed by atoms with Gasteiger partial charge in [-0.2, -0.15) is 5.10 Å². The van der Waals surface area contributed by atoms with Crippen molar-refractivity contribution in [3.8, 4) is 0 Å². The second-order valence-corrected chi connectivity index (χ2v) is 6.18. The van der Waals surface area contributed by atoms with E-state index in [0.29, 0.717) is 12.5 Å². The molecular formula is C18H24N4O. The second-order valence-electron chi connectivity index (χ2n) is 6.18. The fourth-order valence-electron chi connectivity index (χ4n) is 2.99. The zero-order valence-electron chi connectivity index (χ0n) is 13.6. The molecule has 0 aliphatic carbocycles. The van der Waals surface area contributed by atoms with Gasteiger partial charge in [0, 0.05) is 25.2 Å². The van der Waals surface area contributed by atoms with Crippen molar-refractivity contribution in [2.45, 2.75) is 38.8 Å². The van der Waals surface area contributed by atoms with E-state index in [1.807, 2.05) is 30.5 Å². The van der Waals surface area contributed by atoms with Gasteiger partial charge in [0.1, 0.15) is 6.54 Å². The van der Waals surface area contributed by atoms with Gasteiger partial charge < -0.3 is 10.6 Å². The van der Waals surface area contributed by atoms with Crippen LogP contribution in [0.5, 0.6) is 0 Å². The Balaban J connectivity index is 1.52. The Kier molecular flexibility index (Phi) is 5.08. The Labute approximate surface area is 137 Å². The van der Waals surface area contributed by atoms with Gasteiger partial charge in [0.15, 0.2) is 0 Å². The van der Waals surface area contributed by atoms with Crippen LogP contribution in [0.25, 0.3) is 0 Å². The van der Waals surface area contributed by atoms with Gasteiger partial charge in [0.2, 0.25) is 5.91 Å². The van der Waals surface area contributed by atoms with Crippen LogP contribution in [0.2, 0.25) is 0 Å². The number of hydrogen-bond donors (Lipinski definition) is 2. The lowest BCUT2D eigenvalue weighted by Gasteiger charge is -2.20. The van der Waals surface area contributed by atoms with Crippen molar-refractivity contribution in [1.29, 1.82) is 0 Å². The average Bonchev–Trinajstić information content (AvgIpc) is 3.03. The van der Waals surface area contributed by atoms with E-state index >= 15 is 0 Å². The Hall–Kier alpha value is -2.14. The minimum atomic E-state index is -0.00956. The van der Waals surface area contributed by atoms with Crippen LogP contribution in [-0.4, -0.2) is 28.8 Å². The molecule has 5 heteroatoms. The van der Waals surface area contributed by atoms with Crippen molar-refractivity contribution >= 4 is 5.91 Å². The summed E-state index contributed by atoms with van der Waals surface area (Å²) in [5.74, 6) is 0.463. The largest absolute Gasteiger partial charge is 0.350 e. The minimum absolute atomic E-state index is 0.00956. The highest BCUT2D eigenvalue weighted by Gasteiger charge is 2.17. The standard InChI is InChI=1S/C18H24N4O/c1-14-5-2-3-6-15(14)12-20-18(23)13-22-10-8-17(21-22)16-7-4-9-19-11-16/h2-3,5-6,8,10,16,19H,4,7,9,11-13H2,1H3,(H,20,23)/t16-/m1/s1. The molecule has 1 aromatic heterocycles. The number of hydrogen-bond acceptors (Lipinski definition) is 3. The number of amides is 1. The molecule has 1 aliphatic heterocycles. The first-order valence-electron chi connectivity index (χ1n) is 8.27. The molecule has 0 radical (unpaired) electrons. The third kappa shape index (κ3) is 4.20. The Morgan fingerprint density at radius 3 is 3.04 bits per heavy atom. The van der Waals surface area contributed by atoms with Crippen LogP contribution in [0, 0.1) is 6.92 Å². The van der Waals surface area contributed by atoms with Crippen molar-refractivity contribution in [2.24, 2.45) is 0 Å². The summed E-state index contributed by atoms with van der Waals surface area (Å²) < 4.78 is 1.73. The van der Waals surface area contributed by atoms with E-state index in [4.69, 9.17) is 0 Å². The summed E-state index contributed by atoms with van der Waals surface area (Å²) in [7, 11) is 0. The SMILES string of the molecule is Cc1ccccc1CNC(=O)Cn1ccc([C@@H]2CCCNC2)n1. The summed E-state index contributed by atoms with van der Waals surface area (Å²) in [6.45, 7) is 4.96. The molecule has 1 saturated heterocycles. The van der Waals surface area contributed by atoms with Gasteiger partial charge in [-0.15, -0.1) is 0 Å². The molecule has 3 rings (SSSR count). The predicted molar refractivity (Wildman–Crippen MR) is 90.1 cm³/mol. The number of aromatic nitrogens is 2. The zero-order valence-corrected chi connectivity index (χ0v) is 13.6. The minimum Gasteiger partial charge on any atom is -0.350 e. The van der Waals surface area contributed by atoms with Gasteiger partial charge in [0.25, 0.3) is 0 Å². The predicted octanol–water partition coefficient (Wildman–Crippen LogP) is 1.97. The number of piperidine rings is 1. The molecule has 1 atom stereocenters. The Morgan fingerprint density at radius 1 is 1.39 bits per heavy atom. The highest BCUT2D eigenvalue weighted by Crippen LogP contribution is 2.21. The lowest BCUT2D eigenvalue weighted by atomic mass is 9.97. The summed E-state index contributed by atoms with van der Waals surface area (Å²) >= 11 is 0. The fraction of sp³-hybridized carbons (Fsp3) is 0.444. The molecule has 2 N–H and O–H groups in total. The number of carbonyl (C=O) groups excluding carboxylic acids is 1. The number of benzene rings is 1. The van der Waals surface area contributed by atoms with Gasteiger partial charge in [-0.05, 0) is 43.5 Å². The molecule has 0 bridgehead atoms. The number of nitrogens with one attached hydrogen (secondary N) is 2. The van der Waals surface area contributed by atoms with E-state index in [0.717, 1.165) is 24.3 Å². The fourth-order valence-corrected chi connectivity index (χ4v) is 2.99. The highest BCUT2D eigenvalue weighted by atomic mass is 16.2. The van der Waals surface area contributed by atoms with Crippen LogP contribution in [0.4, 0.5) is 0 Å². The van der Waals surface area contributed by atoms with E-state index in [-0.39, 0.29) is 12.5 Å². The van der Waals surface area contributed by atoms with Crippen LogP contribution in [0.3, 0.4) is 0 Å². The average molecular weight is 312 g/mol. The summed E-state index contributed by atoms with van der Waals surface area (Å²) in [5, 5.41) is 10.9. The summed E-state index contributed by atoms with van der Waals surface area (Å²) in [6.07, 6.45) is 4.26. The van der Waals surface area contributed by atoms with E-state index in [1.54, 1.807) is 4.68 Å². The van der Waals surface area contributed by atoms with E-state index in [1.165, 1.54) is 18.4 Å². The topological polar surface area (TPSA) is 59.0 Å². The van der Waals surface area contributed by atoms with Crippen LogP contribution >= 0.6 is 0 Å². The normalized spacial score (nSPS) is 17.9. The van der Waals surface area contributed by atoms with Crippen molar-refractivity contribution in [2.75, 3.05) is 13.1 Å². The van der Waals surface area contributed by atoms with Crippen LogP contribution in [-0.2, 0) is 17.9 Å². The van der Waals surface area contributed by atoms with Crippen LogP contribution in [0.15, 0.2) is 36.5 Å². The number of aryl methyl sites for hydroxylation is 1. The first kappa shape index (κ1) is 15.7. The number of rotatable bonds is 5. The molecule has 5 nitrogen and oxygen atoms in total. The molecular weight excluding hydrogens is 288 g/mol. The lowest BCUT2D eigenvalue weighted by Crippen LogP contribution is -2.29. The summed E-state index contributed by atoms with van der Waals surface area (Å²) in [5.41, 5.74) is 3.43. The first-order chi connectivity index (χ1) is 11.2. The first-order valence-corrected chi connectivity index (χ1v) is 8.27. The monoisotopic (exact) mass is 312 g/mol. The van der Waals surface area contributed by atoms with Gasteiger partial charge in [0.05, 0.1) is 5.69 Å². The van der Waals surface area contributed by atoms with Crippen LogP contribution in [0.1, 0.15) is 35.6 Å². The maximum Gasteiger partial charge on any atom is 0.241 e. The quantitative estimate of drug-likeness (QED) is 0.887. The summed E-state index contributed by atoms with van der Waals surface area (Å²) in [6, 6.07) is 10.1. The molecule has 23 heavy (non-hydrogen) atoms. The van der Waals surface area contributed by atoms with Crippen molar-refractivity contribution in [1.82, 2.24) is 20.4 Å². The smallest absolute Gasteiger partial charge is 0.241 e. The van der Waals surface area contributed by atoms with Crippen LogP contribution < -0.4 is 10.6 Å². The second kappa shape index (κ2) is 7.42. The van der Waals surface area contributed by atoms with Gasteiger partial charge in [-0.25, -0.2) is 0 Å². The molecule has 2 heterocycles.